The molecule has 0 bridgehead atoms. The average molecular weight is 329 g/mol. The highest BCUT2D eigenvalue weighted by atomic mass is 32.1. The highest BCUT2D eigenvalue weighted by Gasteiger charge is 2.60. The standard InChI is InChI=1S/C18H19NO3S/c1-4-22-17(21)18(15-10-7-11-23-15)16(20)13-8-5-6-9-14(13)19(18)12(2)3/h5-12H,4H2,1-3H3/t18-/m1/s1. The highest BCUT2D eigenvalue weighted by molar-refractivity contribution is 7.10. The minimum atomic E-state index is -1.41. The maximum Gasteiger partial charge on any atom is 0.345 e. The highest BCUT2D eigenvalue weighted by Crippen LogP contribution is 2.48. The van der Waals surface area contributed by atoms with Gasteiger partial charge in [-0.05, 0) is 44.4 Å². The number of para-hydroxylation sites is 1. The monoisotopic (exact) mass is 329 g/mol. The van der Waals surface area contributed by atoms with Gasteiger partial charge in [-0.15, -0.1) is 11.3 Å². The van der Waals surface area contributed by atoms with Crippen LogP contribution in [0.15, 0.2) is 41.8 Å². The van der Waals surface area contributed by atoms with E-state index in [-0.39, 0.29) is 18.4 Å². The number of ketones is 1. The van der Waals surface area contributed by atoms with Crippen LogP contribution >= 0.6 is 11.3 Å². The molecule has 5 heteroatoms. The van der Waals surface area contributed by atoms with E-state index < -0.39 is 11.5 Å². The van der Waals surface area contributed by atoms with Crippen LogP contribution < -0.4 is 4.90 Å². The van der Waals surface area contributed by atoms with E-state index in [1.807, 2.05) is 54.5 Å². The molecule has 1 atom stereocenters. The topological polar surface area (TPSA) is 46.6 Å². The summed E-state index contributed by atoms with van der Waals surface area (Å²) in [7, 11) is 0. The molecule has 0 N–H and O–H groups in total. The summed E-state index contributed by atoms with van der Waals surface area (Å²) < 4.78 is 5.34. The average Bonchev–Trinajstić information content (AvgIpc) is 3.13. The van der Waals surface area contributed by atoms with Gasteiger partial charge < -0.3 is 9.64 Å². The Morgan fingerprint density at radius 1 is 1.26 bits per heavy atom. The van der Waals surface area contributed by atoms with Crippen molar-refractivity contribution in [1.29, 1.82) is 0 Å². The lowest BCUT2D eigenvalue weighted by Gasteiger charge is -2.38. The van der Waals surface area contributed by atoms with Crippen LogP contribution in [0.1, 0.15) is 36.0 Å². The first-order valence-corrected chi connectivity index (χ1v) is 8.57. The van der Waals surface area contributed by atoms with E-state index in [1.54, 1.807) is 13.0 Å². The number of fused-ring (bicyclic) bond motifs is 1. The van der Waals surface area contributed by atoms with Crippen LogP contribution in [-0.2, 0) is 15.1 Å². The molecule has 0 unspecified atom stereocenters. The van der Waals surface area contributed by atoms with Gasteiger partial charge in [0.2, 0.25) is 11.3 Å². The summed E-state index contributed by atoms with van der Waals surface area (Å²) in [5.74, 6) is -0.708. The molecule has 1 aliphatic heterocycles. The number of hydrogen-bond donors (Lipinski definition) is 0. The molecule has 120 valence electrons. The van der Waals surface area contributed by atoms with Gasteiger partial charge in [-0.25, -0.2) is 4.79 Å². The Labute approximate surface area is 139 Å². The molecule has 1 aromatic carbocycles. The van der Waals surface area contributed by atoms with Crippen molar-refractivity contribution >= 4 is 28.8 Å². The second-order valence-electron chi connectivity index (χ2n) is 5.72. The van der Waals surface area contributed by atoms with Crippen LogP contribution in [0.5, 0.6) is 0 Å². The second-order valence-corrected chi connectivity index (χ2v) is 6.67. The van der Waals surface area contributed by atoms with Crippen LogP contribution in [0.4, 0.5) is 5.69 Å². The van der Waals surface area contributed by atoms with Crippen LogP contribution in [0.25, 0.3) is 0 Å². The molecule has 0 saturated carbocycles. The minimum absolute atomic E-state index is 0.0332. The zero-order valence-corrected chi connectivity index (χ0v) is 14.2. The second kappa shape index (κ2) is 5.81. The Balaban J connectivity index is 2.30. The Kier molecular flexibility index (Phi) is 3.98. The summed E-state index contributed by atoms with van der Waals surface area (Å²) in [4.78, 5) is 28.9. The van der Waals surface area contributed by atoms with Gasteiger partial charge in [0, 0.05) is 22.2 Å². The molecule has 0 spiro atoms. The van der Waals surface area contributed by atoms with Gasteiger partial charge in [0.05, 0.1) is 6.61 Å². The van der Waals surface area contributed by atoms with E-state index in [2.05, 4.69) is 0 Å². The maximum absolute atomic E-state index is 13.3. The normalized spacial score (nSPS) is 20.0. The van der Waals surface area contributed by atoms with E-state index in [1.165, 1.54) is 11.3 Å². The molecule has 1 aliphatic rings. The van der Waals surface area contributed by atoms with Crippen molar-refractivity contribution in [2.75, 3.05) is 11.5 Å². The number of benzene rings is 1. The molecular formula is C18H19NO3S. The summed E-state index contributed by atoms with van der Waals surface area (Å²) in [5.41, 5.74) is -0.0567. The van der Waals surface area contributed by atoms with E-state index in [0.29, 0.717) is 10.4 Å². The minimum Gasteiger partial charge on any atom is -0.464 e. The van der Waals surface area contributed by atoms with Crippen molar-refractivity contribution in [2.45, 2.75) is 32.4 Å². The number of thiophene rings is 1. The van der Waals surface area contributed by atoms with Crippen LogP contribution in [0.3, 0.4) is 0 Å². The van der Waals surface area contributed by atoms with Gasteiger partial charge >= 0.3 is 5.97 Å². The van der Waals surface area contributed by atoms with Crippen molar-refractivity contribution in [3.8, 4) is 0 Å². The summed E-state index contributed by atoms with van der Waals surface area (Å²) in [6, 6.07) is 11.0. The Morgan fingerprint density at radius 2 is 2.00 bits per heavy atom. The molecule has 4 nitrogen and oxygen atoms in total. The largest absolute Gasteiger partial charge is 0.464 e. The van der Waals surface area contributed by atoms with Gasteiger partial charge in [-0.3, -0.25) is 4.79 Å². The van der Waals surface area contributed by atoms with Gasteiger partial charge in [0.25, 0.3) is 0 Å². The van der Waals surface area contributed by atoms with Crippen molar-refractivity contribution in [3.63, 3.8) is 0 Å². The number of hydrogen-bond acceptors (Lipinski definition) is 5. The van der Waals surface area contributed by atoms with Crippen molar-refractivity contribution in [2.24, 2.45) is 0 Å². The molecule has 3 rings (SSSR count). The Morgan fingerprint density at radius 3 is 2.61 bits per heavy atom. The lowest BCUT2D eigenvalue weighted by Crippen LogP contribution is -2.56. The van der Waals surface area contributed by atoms with Crippen molar-refractivity contribution < 1.29 is 14.3 Å². The molecule has 2 aromatic rings. The van der Waals surface area contributed by atoms with E-state index in [0.717, 1.165) is 5.69 Å². The van der Waals surface area contributed by atoms with E-state index in [4.69, 9.17) is 4.74 Å². The number of carbonyl (C=O) groups is 2. The number of anilines is 1. The predicted octanol–water partition coefficient (Wildman–Crippen LogP) is 3.62. The molecule has 1 aromatic heterocycles. The lowest BCUT2D eigenvalue weighted by molar-refractivity contribution is -0.148. The number of rotatable bonds is 4. The third-order valence-electron chi connectivity index (χ3n) is 4.06. The van der Waals surface area contributed by atoms with Crippen molar-refractivity contribution in [1.82, 2.24) is 0 Å². The fraction of sp³-hybridized carbons (Fsp3) is 0.333. The third-order valence-corrected chi connectivity index (χ3v) is 5.04. The number of nitrogens with zero attached hydrogens (tertiary/aromatic N) is 1. The maximum atomic E-state index is 13.3. The zero-order chi connectivity index (χ0) is 16.6. The first-order valence-electron chi connectivity index (χ1n) is 7.69. The molecular weight excluding hydrogens is 310 g/mol. The predicted molar refractivity (Wildman–Crippen MR) is 91.0 cm³/mol. The Hall–Kier alpha value is -2.14. The quantitative estimate of drug-likeness (QED) is 0.635. The van der Waals surface area contributed by atoms with Gasteiger partial charge in [0.15, 0.2) is 0 Å². The smallest absolute Gasteiger partial charge is 0.345 e. The summed E-state index contributed by atoms with van der Waals surface area (Å²) >= 11 is 1.41. The van der Waals surface area contributed by atoms with Crippen LogP contribution in [0.2, 0.25) is 0 Å². The summed E-state index contributed by atoms with van der Waals surface area (Å²) in [6.45, 7) is 5.96. The first-order chi connectivity index (χ1) is 11.0. The number of ether oxygens (including phenoxy) is 1. The van der Waals surface area contributed by atoms with Crippen LogP contribution in [-0.4, -0.2) is 24.4 Å². The van der Waals surface area contributed by atoms with Crippen LogP contribution in [0, 0.1) is 0 Å². The number of Topliss-reactive ketones (excluding diaryl/α,β-unsaturated/α-hetero) is 1. The third kappa shape index (κ3) is 2.10. The number of esters is 1. The summed E-state index contributed by atoms with van der Waals surface area (Å²) in [5, 5.41) is 1.88. The zero-order valence-electron chi connectivity index (χ0n) is 13.4. The molecule has 2 heterocycles. The molecule has 0 aliphatic carbocycles. The Bertz CT molecular complexity index is 738. The molecule has 0 radical (unpaired) electrons. The fourth-order valence-corrected chi connectivity index (χ4v) is 4.17. The SMILES string of the molecule is CCOC(=O)[C@@]1(c2cccs2)C(=O)c2ccccc2N1C(C)C. The van der Waals surface area contributed by atoms with Crippen molar-refractivity contribution in [3.05, 3.63) is 52.2 Å². The van der Waals surface area contributed by atoms with E-state index in [9.17, 15) is 9.59 Å². The molecule has 0 saturated heterocycles. The summed E-state index contributed by atoms with van der Waals surface area (Å²) in [6.07, 6.45) is 0. The first kappa shape index (κ1) is 15.7. The molecule has 23 heavy (non-hydrogen) atoms. The molecule has 0 fully saturated rings. The molecule has 0 amide bonds. The van der Waals surface area contributed by atoms with Gasteiger partial charge in [-0.1, -0.05) is 18.2 Å². The number of carbonyl (C=O) groups excluding carboxylic acids is 2. The lowest BCUT2D eigenvalue weighted by atomic mass is 9.89. The van der Waals surface area contributed by atoms with Gasteiger partial charge in [0.1, 0.15) is 0 Å². The van der Waals surface area contributed by atoms with Gasteiger partial charge in [-0.2, -0.15) is 0 Å². The fourth-order valence-electron chi connectivity index (χ4n) is 3.27. The van der Waals surface area contributed by atoms with E-state index >= 15 is 0 Å².